The molecule has 0 aliphatic heterocycles. The van der Waals surface area contributed by atoms with Crippen LogP contribution in [-0.4, -0.2) is 54.9 Å². The van der Waals surface area contributed by atoms with Gasteiger partial charge < -0.3 is 10.2 Å². The summed E-state index contributed by atoms with van der Waals surface area (Å²) < 4.78 is 27.8. The molecule has 44 heavy (non-hydrogen) atoms. The highest BCUT2D eigenvalue weighted by Gasteiger charge is 2.34. The third-order valence-electron chi connectivity index (χ3n) is 7.82. The van der Waals surface area contributed by atoms with Crippen LogP contribution < -0.4 is 9.62 Å². The van der Waals surface area contributed by atoms with Crippen LogP contribution in [0.4, 0.5) is 11.4 Å². The number of nitrogens with one attached hydrogen (secondary N) is 1. The van der Waals surface area contributed by atoms with Crippen molar-refractivity contribution in [3.8, 4) is 0 Å². The Morgan fingerprint density at radius 3 is 2.32 bits per heavy atom. The van der Waals surface area contributed by atoms with E-state index in [1.54, 1.807) is 6.92 Å². The zero-order chi connectivity index (χ0) is 31.9. The minimum Gasteiger partial charge on any atom is -0.352 e. The fourth-order valence-corrected chi connectivity index (χ4v) is 6.85. The molecule has 0 saturated heterocycles. The van der Waals surface area contributed by atoms with Crippen molar-refractivity contribution in [1.29, 1.82) is 0 Å². The molecular formula is C32H37BrN4O6S. The number of hydrogen-bond acceptors (Lipinski definition) is 6. The highest BCUT2D eigenvalue weighted by atomic mass is 79.9. The second-order valence-corrected chi connectivity index (χ2v) is 14.0. The second-order valence-electron chi connectivity index (χ2n) is 11.2. The van der Waals surface area contributed by atoms with Gasteiger partial charge >= 0.3 is 0 Å². The number of aryl methyl sites for hydroxylation is 1. The van der Waals surface area contributed by atoms with E-state index >= 15 is 0 Å². The SMILES string of the molecule is Cc1ccc([N+](=O)[O-])cc1N(CC(=O)N(Cc1cccc(Br)c1)C(Cc1ccccc1)C(=O)NC1CCCCC1)S(C)(=O)=O. The van der Waals surface area contributed by atoms with Crippen LogP contribution >= 0.6 is 15.9 Å². The van der Waals surface area contributed by atoms with E-state index in [0.29, 0.717) is 5.56 Å². The maximum absolute atomic E-state index is 14.3. The van der Waals surface area contributed by atoms with Crippen molar-refractivity contribution in [2.24, 2.45) is 0 Å². The second kappa shape index (κ2) is 14.8. The number of halogens is 1. The van der Waals surface area contributed by atoms with Crippen LogP contribution in [0.1, 0.15) is 48.8 Å². The Morgan fingerprint density at radius 2 is 1.68 bits per heavy atom. The van der Waals surface area contributed by atoms with Gasteiger partial charge in [-0.25, -0.2) is 8.42 Å². The van der Waals surface area contributed by atoms with Crippen LogP contribution in [0.2, 0.25) is 0 Å². The Morgan fingerprint density at radius 1 is 1.00 bits per heavy atom. The molecule has 0 bridgehead atoms. The smallest absolute Gasteiger partial charge is 0.271 e. The lowest BCUT2D eigenvalue weighted by Gasteiger charge is -2.35. The molecular weight excluding hydrogens is 648 g/mol. The maximum atomic E-state index is 14.3. The molecule has 4 rings (SSSR count). The quantitative estimate of drug-likeness (QED) is 0.198. The van der Waals surface area contributed by atoms with E-state index in [1.807, 2.05) is 54.6 Å². The molecule has 3 aromatic carbocycles. The zero-order valence-electron chi connectivity index (χ0n) is 24.8. The van der Waals surface area contributed by atoms with Gasteiger partial charge in [0.2, 0.25) is 21.8 Å². The van der Waals surface area contributed by atoms with Crippen LogP contribution in [0.5, 0.6) is 0 Å². The third kappa shape index (κ3) is 8.88. The van der Waals surface area contributed by atoms with Gasteiger partial charge in [-0.3, -0.25) is 24.0 Å². The van der Waals surface area contributed by atoms with Gasteiger partial charge in [0.25, 0.3) is 5.69 Å². The van der Waals surface area contributed by atoms with E-state index in [0.717, 1.165) is 64.3 Å². The molecule has 3 aromatic rings. The monoisotopic (exact) mass is 684 g/mol. The lowest BCUT2D eigenvalue weighted by Crippen LogP contribution is -2.55. The Bertz CT molecular complexity index is 1600. The predicted molar refractivity (Wildman–Crippen MR) is 174 cm³/mol. The van der Waals surface area contributed by atoms with Gasteiger partial charge in [0.1, 0.15) is 12.6 Å². The van der Waals surface area contributed by atoms with Crippen molar-refractivity contribution in [1.82, 2.24) is 10.2 Å². The largest absolute Gasteiger partial charge is 0.352 e. The molecule has 0 aromatic heterocycles. The van der Waals surface area contributed by atoms with Crippen LogP contribution in [0.15, 0.2) is 77.3 Å². The van der Waals surface area contributed by atoms with Gasteiger partial charge in [-0.1, -0.05) is 83.7 Å². The first kappa shape index (κ1) is 33.1. The number of rotatable bonds is 12. The van der Waals surface area contributed by atoms with Crippen molar-refractivity contribution >= 4 is 49.1 Å². The summed E-state index contributed by atoms with van der Waals surface area (Å²) in [6, 6.07) is 19.7. The summed E-state index contributed by atoms with van der Waals surface area (Å²) in [6.45, 7) is 1.02. The maximum Gasteiger partial charge on any atom is 0.271 e. The fraction of sp³-hybridized carbons (Fsp3) is 0.375. The molecule has 234 valence electrons. The molecule has 1 saturated carbocycles. The first-order valence-electron chi connectivity index (χ1n) is 14.5. The minimum absolute atomic E-state index is 0.00243. The first-order chi connectivity index (χ1) is 20.9. The minimum atomic E-state index is -4.06. The van der Waals surface area contributed by atoms with Gasteiger partial charge in [0, 0.05) is 35.6 Å². The van der Waals surface area contributed by atoms with Crippen molar-refractivity contribution < 1.29 is 22.9 Å². The first-order valence-corrected chi connectivity index (χ1v) is 17.2. The lowest BCUT2D eigenvalue weighted by atomic mass is 9.94. The predicted octanol–water partition coefficient (Wildman–Crippen LogP) is 5.52. The molecule has 1 N–H and O–H groups in total. The highest BCUT2D eigenvalue weighted by molar-refractivity contribution is 9.10. The van der Waals surface area contributed by atoms with Gasteiger partial charge in [-0.15, -0.1) is 0 Å². The number of amides is 2. The average Bonchev–Trinajstić information content (AvgIpc) is 2.98. The number of sulfonamides is 1. The number of nitrogens with zero attached hydrogens (tertiary/aromatic N) is 3. The number of carbonyl (C=O) groups excluding carboxylic acids is 2. The van der Waals surface area contributed by atoms with Crippen LogP contribution in [0, 0.1) is 17.0 Å². The molecule has 1 unspecified atom stereocenters. The summed E-state index contributed by atoms with van der Waals surface area (Å²) in [7, 11) is -4.06. The molecule has 1 aliphatic rings. The van der Waals surface area contributed by atoms with E-state index in [4.69, 9.17) is 0 Å². The Labute approximate surface area is 266 Å². The van der Waals surface area contributed by atoms with Crippen LogP contribution in [0.25, 0.3) is 0 Å². The van der Waals surface area contributed by atoms with Crippen molar-refractivity contribution in [2.75, 3.05) is 17.1 Å². The number of benzene rings is 3. The standard InChI is InChI=1S/C32H37BrN4O6S/c1-23-16-17-28(37(40)41)20-29(23)36(44(2,42)43)22-31(38)35(21-25-12-9-13-26(33)18-25)30(19-24-10-5-3-6-11-24)32(39)34-27-14-7-4-8-15-27/h3,5-6,9-13,16-18,20,27,30H,4,7-8,14-15,19,21-22H2,1-2H3,(H,34,39). The summed E-state index contributed by atoms with van der Waals surface area (Å²) in [5.74, 6) is -0.914. The molecule has 10 nitrogen and oxygen atoms in total. The van der Waals surface area contributed by atoms with Crippen LogP contribution in [-0.2, 0) is 32.6 Å². The molecule has 1 aliphatic carbocycles. The normalized spacial score (nSPS) is 14.4. The van der Waals surface area contributed by atoms with Gasteiger partial charge in [0.15, 0.2) is 0 Å². The number of nitro benzene ring substituents is 1. The lowest BCUT2D eigenvalue weighted by molar-refractivity contribution is -0.384. The molecule has 0 radical (unpaired) electrons. The van der Waals surface area contributed by atoms with Crippen molar-refractivity contribution in [2.45, 2.75) is 64.1 Å². The highest BCUT2D eigenvalue weighted by Crippen LogP contribution is 2.28. The van der Waals surface area contributed by atoms with Crippen molar-refractivity contribution in [3.05, 3.63) is 104 Å². The zero-order valence-corrected chi connectivity index (χ0v) is 27.2. The Kier molecular flexibility index (Phi) is 11.1. The van der Waals surface area contributed by atoms with Crippen LogP contribution in [0.3, 0.4) is 0 Å². The third-order valence-corrected chi connectivity index (χ3v) is 9.44. The molecule has 0 spiro atoms. The number of nitro groups is 1. The molecule has 12 heteroatoms. The average molecular weight is 686 g/mol. The number of anilines is 1. The summed E-state index contributed by atoms with van der Waals surface area (Å²) >= 11 is 3.47. The topological polar surface area (TPSA) is 130 Å². The number of hydrogen-bond donors (Lipinski definition) is 1. The summed E-state index contributed by atoms with van der Waals surface area (Å²) in [5, 5.41) is 14.7. The summed E-state index contributed by atoms with van der Waals surface area (Å²) in [6.07, 6.45) is 6.03. The summed E-state index contributed by atoms with van der Waals surface area (Å²) in [5.41, 5.74) is 1.77. The molecule has 0 heterocycles. The van der Waals surface area contributed by atoms with Gasteiger partial charge in [0.05, 0.1) is 16.9 Å². The van der Waals surface area contributed by atoms with E-state index in [2.05, 4.69) is 21.2 Å². The number of carbonyl (C=O) groups is 2. The van der Waals surface area contributed by atoms with E-state index in [1.165, 1.54) is 17.0 Å². The molecule has 2 amide bonds. The Hall–Kier alpha value is -3.77. The number of non-ortho nitro benzene ring substituents is 1. The van der Waals surface area contributed by atoms with Gasteiger partial charge in [-0.2, -0.15) is 0 Å². The molecule has 1 atom stereocenters. The van der Waals surface area contributed by atoms with Gasteiger partial charge in [-0.05, 0) is 48.6 Å². The molecule has 1 fully saturated rings. The summed E-state index contributed by atoms with van der Waals surface area (Å²) in [4.78, 5) is 40.7. The van der Waals surface area contributed by atoms with E-state index in [-0.39, 0.29) is 36.3 Å². The van der Waals surface area contributed by atoms with Crippen molar-refractivity contribution in [3.63, 3.8) is 0 Å². The van der Waals surface area contributed by atoms with E-state index < -0.39 is 33.4 Å². The fourth-order valence-electron chi connectivity index (χ4n) is 5.51. The Balaban J connectivity index is 1.76. The van der Waals surface area contributed by atoms with E-state index in [9.17, 15) is 28.1 Å².